The Morgan fingerprint density at radius 2 is 2.00 bits per heavy atom. The van der Waals surface area contributed by atoms with Crippen molar-refractivity contribution in [2.24, 2.45) is 5.92 Å². The molecule has 0 bridgehead atoms. The van der Waals surface area contributed by atoms with Gasteiger partial charge in [0.25, 0.3) is 0 Å². The van der Waals surface area contributed by atoms with Crippen LogP contribution in [-0.2, 0) is 4.74 Å². The van der Waals surface area contributed by atoms with Crippen LogP contribution >= 0.6 is 11.6 Å². The highest BCUT2D eigenvalue weighted by atomic mass is 35.5. The highest BCUT2D eigenvalue weighted by Crippen LogP contribution is 2.25. The molecular weight excluding hydrogens is 226 g/mol. The molecular formula is C12H22ClNO2. The molecule has 1 N–H and O–H groups in total. The first-order valence-electron chi connectivity index (χ1n) is 5.98. The first-order chi connectivity index (χ1) is 7.42. The van der Waals surface area contributed by atoms with Crippen LogP contribution in [0, 0.1) is 5.92 Å². The lowest BCUT2D eigenvalue weighted by Gasteiger charge is -2.31. The van der Waals surface area contributed by atoms with Gasteiger partial charge in [0, 0.05) is 11.9 Å². The van der Waals surface area contributed by atoms with Crippen LogP contribution in [0.25, 0.3) is 0 Å². The van der Waals surface area contributed by atoms with Gasteiger partial charge in [-0.05, 0) is 39.5 Å². The third-order valence-electron chi connectivity index (χ3n) is 2.81. The SMILES string of the molecule is CC(C)(C)OC(=O)NC1CCCCC1CCl. The fraction of sp³-hybridized carbons (Fsp3) is 0.917. The van der Waals surface area contributed by atoms with E-state index in [0.29, 0.717) is 11.8 Å². The van der Waals surface area contributed by atoms with E-state index in [-0.39, 0.29) is 12.1 Å². The molecule has 0 aromatic heterocycles. The molecule has 1 aliphatic rings. The number of hydrogen-bond donors (Lipinski definition) is 1. The van der Waals surface area contributed by atoms with Crippen molar-refractivity contribution in [1.82, 2.24) is 5.32 Å². The van der Waals surface area contributed by atoms with Crippen molar-refractivity contribution >= 4 is 17.7 Å². The topological polar surface area (TPSA) is 38.3 Å². The molecule has 3 nitrogen and oxygen atoms in total. The standard InChI is InChI=1S/C12H22ClNO2/c1-12(2,3)16-11(15)14-10-7-5-4-6-9(10)8-13/h9-10H,4-8H2,1-3H3,(H,14,15). The van der Waals surface area contributed by atoms with Gasteiger partial charge in [-0.1, -0.05) is 12.8 Å². The summed E-state index contributed by atoms with van der Waals surface area (Å²) in [5, 5.41) is 2.93. The monoisotopic (exact) mass is 247 g/mol. The minimum absolute atomic E-state index is 0.182. The maximum atomic E-state index is 11.6. The van der Waals surface area contributed by atoms with Gasteiger partial charge in [-0.2, -0.15) is 0 Å². The summed E-state index contributed by atoms with van der Waals surface area (Å²) in [6, 6.07) is 0.182. The molecule has 94 valence electrons. The van der Waals surface area contributed by atoms with Gasteiger partial charge in [0.2, 0.25) is 0 Å². The number of halogens is 1. The largest absolute Gasteiger partial charge is 0.444 e. The van der Waals surface area contributed by atoms with E-state index in [0.717, 1.165) is 19.3 Å². The molecule has 1 saturated carbocycles. The number of alkyl carbamates (subject to hydrolysis) is 1. The number of ether oxygens (including phenoxy) is 1. The first-order valence-corrected chi connectivity index (χ1v) is 6.51. The van der Waals surface area contributed by atoms with Gasteiger partial charge in [0.05, 0.1) is 0 Å². The van der Waals surface area contributed by atoms with E-state index in [9.17, 15) is 4.79 Å². The van der Waals surface area contributed by atoms with Crippen LogP contribution in [0.5, 0.6) is 0 Å². The molecule has 0 aromatic rings. The molecule has 4 heteroatoms. The van der Waals surface area contributed by atoms with Crippen molar-refractivity contribution in [2.75, 3.05) is 5.88 Å². The van der Waals surface area contributed by atoms with E-state index in [1.807, 2.05) is 20.8 Å². The van der Waals surface area contributed by atoms with Gasteiger partial charge in [0.15, 0.2) is 0 Å². The number of amides is 1. The number of carbonyl (C=O) groups is 1. The third kappa shape index (κ3) is 4.60. The Morgan fingerprint density at radius 3 is 2.56 bits per heavy atom. The van der Waals surface area contributed by atoms with Crippen LogP contribution in [0.2, 0.25) is 0 Å². The van der Waals surface area contributed by atoms with Crippen molar-refractivity contribution in [3.05, 3.63) is 0 Å². The van der Waals surface area contributed by atoms with Gasteiger partial charge in [-0.15, -0.1) is 11.6 Å². The third-order valence-corrected chi connectivity index (χ3v) is 3.21. The zero-order chi connectivity index (χ0) is 12.2. The second-order valence-corrected chi connectivity index (χ2v) is 5.76. The Bertz CT molecular complexity index is 238. The fourth-order valence-electron chi connectivity index (χ4n) is 2.04. The maximum absolute atomic E-state index is 11.6. The normalized spacial score (nSPS) is 26.2. The summed E-state index contributed by atoms with van der Waals surface area (Å²) in [4.78, 5) is 11.6. The number of alkyl halides is 1. The molecule has 2 atom stereocenters. The lowest BCUT2D eigenvalue weighted by Crippen LogP contribution is -2.44. The Balaban J connectivity index is 2.42. The Labute approximate surface area is 103 Å². The van der Waals surface area contributed by atoms with Crippen LogP contribution < -0.4 is 5.32 Å². The Hall–Kier alpha value is -0.440. The van der Waals surface area contributed by atoms with E-state index in [1.165, 1.54) is 6.42 Å². The van der Waals surface area contributed by atoms with E-state index in [1.54, 1.807) is 0 Å². The molecule has 0 radical (unpaired) electrons. The predicted octanol–water partition coefficient (Wildman–Crippen LogP) is 3.31. The lowest BCUT2D eigenvalue weighted by molar-refractivity contribution is 0.0474. The summed E-state index contributed by atoms with van der Waals surface area (Å²) >= 11 is 5.90. The van der Waals surface area contributed by atoms with Crippen molar-refractivity contribution in [3.63, 3.8) is 0 Å². The molecule has 0 saturated heterocycles. The molecule has 0 aliphatic heterocycles. The average Bonchev–Trinajstić information content (AvgIpc) is 2.15. The molecule has 0 heterocycles. The number of carbonyl (C=O) groups excluding carboxylic acids is 1. The van der Waals surface area contributed by atoms with Crippen molar-refractivity contribution in [3.8, 4) is 0 Å². The van der Waals surface area contributed by atoms with Crippen molar-refractivity contribution in [2.45, 2.75) is 58.1 Å². The average molecular weight is 248 g/mol. The highest BCUT2D eigenvalue weighted by Gasteiger charge is 2.27. The summed E-state index contributed by atoms with van der Waals surface area (Å²) in [6.45, 7) is 5.60. The van der Waals surface area contributed by atoms with E-state index < -0.39 is 5.60 Å². The summed E-state index contributed by atoms with van der Waals surface area (Å²) in [6.07, 6.45) is 4.16. The van der Waals surface area contributed by atoms with Crippen LogP contribution in [0.4, 0.5) is 4.79 Å². The van der Waals surface area contributed by atoms with Crippen molar-refractivity contribution < 1.29 is 9.53 Å². The van der Waals surface area contributed by atoms with Crippen LogP contribution in [0.3, 0.4) is 0 Å². The van der Waals surface area contributed by atoms with Gasteiger partial charge >= 0.3 is 6.09 Å². The minimum Gasteiger partial charge on any atom is -0.444 e. The summed E-state index contributed by atoms with van der Waals surface area (Å²) in [5.41, 5.74) is -0.435. The summed E-state index contributed by atoms with van der Waals surface area (Å²) < 4.78 is 5.24. The smallest absolute Gasteiger partial charge is 0.407 e. The van der Waals surface area contributed by atoms with E-state index in [2.05, 4.69) is 5.32 Å². The molecule has 1 amide bonds. The van der Waals surface area contributed by atoms with Gasteiger partial charge in [-0.25, -0.2) is 4.79 Å². The number of hydrogen-bond acceptors (Lipinski definition) is 2. The molecule has 0 spiro atoms. The highest BCUT2D eigenvalue weighted by molar-refractivity contribution is 6.18. The summed E-state index contributed by atoms with van der Waals surface area (Å²) in [5.74, 6) is 1.00. The van der Waals surface area contributed by atoms with Gasteiger partial charge in [0.1, 0.15) is 5.60 Å². The second kappa shape index (κ2) is 5.76. The van der Waals surface area contributed by atoms with Crippen LogP contribution in [0.1, 0.15) is 46.5 Å². The lowest BCUT2D eigenvalue weighted by atomic mass is 9.86. The molecule has 1 fully saturated rings. The molecule has 16 heavy (non-hydrogen) atoms. The van der Waals surface area contributed by atoms with E-state index >= 15 is 0 Å². The van der Waals surface area contributed by atoms with E-state index in [4.69, 9.17) is 16.3 Å². The molecule has 1 aliphatic carbocycles. The minimum atomic E-state index is -0.435. The zero-order valence-electron chi connectivity index (χ0n) is 10.4. The fourth-order valence-corrected chi connectivity index (χ4v) is 2.41. The molecule has 2 unspecified atom stereocenters. The number of rotatable bonds is 2. The van der Waals surface area contributed by atoms with Crippen LogP contribution in [0.15, 0.2) is 0 Å². The first kappa shape index (κ1) is 13.6. The quantitative estimate of drug-likeness (QED) is 0.761. The van der Waals surface area contributed by atoms with Crippen LogP contribution in [-0.4, -0.2) is 23.6 Å². The Kier molecular flexibility index (Phi) is 4.90. The Morgan fingerprint density at radius 1 is 1.38 bits per heavy atom. The van der Waals surface area contributed by atoms with Gasteiger partial charge < -0.3 is 10.1 Å². The molecule has 1 rings (SSSR count). The number of nitrogens with one attached hydrogen (secondary N) is 1. The predicted molar refractivity (Wildman–Crippen MR) is 65.8 cm³/mol. The zero-order valence-corrected chi connectivity index (χ0v) is 11.1. The van der Waals surface area contributed by atoms with Gasteiger partial charge in [-0.3, -0.25) is 0 Å². The molecule has 0 aromatic carbocycles. The van der Waals surface area contributed by atoms with Crippen molar-refractivity contribution in [1.29, 1.82) is 0 Å². The second-order valence-electron chi connectivity index (χ2n) is 5.45. The maximum Gasteiger partial charge on any atom is 0.407 e. The summed E-state index contributed by atoms with van der Waals surface area (Å²) in [7, 11) is 0.